The quantitative estimate of drug-likeness (QED) is 0.533. The van der Waals surface area contributed by atoms with Gasteiger partial charge in [0, 0.05) is 18.3 Å². The second-order valence-electron chi connectivity index (χ2n) is 6.01. The first-order valence-electron chi connectivity index (χ1n) is 9.05. The van der Waals surface area contributed by atoms with Crippen LogP contribution in [-0.2, 0) is 6.61 Å². The number of hydrogen-bond donors (Lipinski definition) is 0. The summed E-state index contributed by atoms with van der Waals surface area (Å²) in [5.41, 5.74) is 2.32. The maximum Gasteiger partial charge on any atom is 0.121 e. The predicted octanol–water partition coefficient (Wildman–Crippen LogP) is 5.17. The molecule has 0 aliphatic rings. The molecule has 0 unspecified atom stereocenters. The van der Waals surface area contributed by atoms with Gasteiger partial charge in [-0.25, -0.2) is 0 Å². The molecule has 0 heterocycles. The van der Waals surface area contributed by atoms with Crippen LogP contribution in [0.2, 0.25) is 0 Å². The lowest BCUT2D eigenvalue weighted by atomic mass is 10.2. The van der Waals surface area contributed by atoms with Crippen molar-refractivity contribution in [2.45, 2.75) is 13.5 Å². The Labute approximate surface area is 155 Å². The van der Waals surface area contributed by atoms with Gasteiger partial charge in [0.1, 0.15) is 24.7 Å². The molecule has 0 aliphatic carbocycles. The molecule has 0 N–H and O–H groups in total. The van der Waals surface area contributed by atoms with Gasteiger partial charge in [-0.2, -0.15) is 0 Å². The van der Waals surface area contributed by atoms with Crippen molar-refractivity contribution in [1.82, 2.24) is 0 Å². The highest BCUT2D eigenvalue weighted by Gasteiger charge is 2.06. The lowest BCUT2D eigenvalue weighted by Crippen LogP contribution is -2.28. The van der Waals surface area contributed by atoms with E-state index >= 15 is 0 Å². The normalized spacial score (nSPS) is 10.3. The number of hydrogen-bond acceptors (Lipinski definition) is 3. The monoisotopic (exact) mass is 347 g/mol. The Morgan fingerprint density at radius 1 is 0.731 bits per heavy atom. The van der Waals surface area contributed by atoms with Crippen LogP contribution in [0.25, 0.3) is 0 Å². The van der Waals surface area contributed by atoms with Gasteiger partial charge < -0.3 is 14.4 Å². The van der Waals surface area contributed by atoms with Crippen LogP contribution in [0.15, 0.2) is 84.9 Å². The van der Waals surface area contributed by atoms with E-state index in [0.717, 1.165) is 30.3 Å². The molecular weight excluding hydrogens is 322 g/mol. The van der Waals surface area contributed by atoms with Crippen LogP contribution in [0.5, 0.6) is 11.5 Å². The molecule has 0 atom stereocenters. The molecule has 0 saturated heterocycles. The number of likely N-dealkylation sites (N-methyl/N-ethyl adjacent to an activating group) is 1. The number of rotatable bonds is 9. The zero-order chi connectivity index (χ0) is 18.0. The number of benzene rings is 3. The zero-order valence-corrected chi connectivity index (χ0v) is 15.2. The van der Waals surface area contributed by atoms with Gasteiger partial charge in [-0.3, -0.25) is 0 Å². The predicted molar refractivity (Wildman–Crippen MR) is 107 cm³/mol. The summed E-state index contributed by atoms with van der Waals surface area (Å²) in [4.78, 5) is 2.29. The summed E-state index contributed by atoms with van der Waals surface area (Å²) in [6.07, 6.45) is 0. The molecule has 3 aromatic carbocycles. The Balaban J connectivity index is 1.56. The summed E-state index contributed by atoms with van der Waals surface area (Å²) < 4.78 is 11.8. The van der Waals surface area contributed by atoms with E-state index in [2.05, 4.69) is 36.1 Å². The highest BCUT2D eigenvalue weighted by molar-refractivity contribution is 5.50. The highest BCUT2D eigenvalue weighted by atomic mass is 16.5. The largest absolute Gasteiger partial charge is 0.492 e. The molecule has 26 heavy (non-hydrogen) atoms. The third kappa shape index (κ3) is 5.28. The SMILES string of the molecule is CCN(CCOc1ccccc1)c1cccc(OCc2ccccc2)c1. The van der Waals surface area contributed by atoms with Crippen LogP contribution in [-0.4, -0.2) is 19.7 Å². The summed E-state index contributed by atoms with van der Waals surface area (Å²) >= 11 is 0. The summed E-state index contributed by atoms with van der Waals surface area (Å²) in [5.74, 6) is 1.79. The van der Waals surface area contributed by atoms with E-state index in [1.54, 1.807) is 0 Å². The lowest BCUT2D eigenvalue weighted by Gasteiger charge is -2.23. The Hall–Kier alpha value is -2.94. The Morgan fingerprint density at radius 3 is 2.15 bits per heavy atom. The van der Waals surface area contributed by atoms with E-state index in [1.165, 1.54) is 5.56 Å². The molecule has 0 saturated carbocycles. The number of para-hydroxylation sites is 1. The average Bonchev–Trinajstić information content (AvgIpc) is 2.71. The minimum Gasteiger partial charge on any atom is -0.492 e. The fourth-order valence-corrected chi connectivity index (χ4v) is 2.77. The third-order valence-corrected chi connectivity index (χ3v) is 4.19. The first kappa shape index (κ1) is 17.9. The standard InChI is InChI=1S/C23H25NO2/c1-2-24(16-17-25-22-13-7-4-8-14-22)21-12-9-15-23(18-21)26-19-20-10-5-3-6-11-20/h3-15,18H,2,16-17,19H2,1H3. The van der Waals surface area contributed by atoms with E-state index in [-0.39, 0.29) is 0 Å². The zero-order valence-electron chi connectivity index (χ0n) is 15.2. The molecule has 3 aromatic rings. The van der Waals surface area contributed by atoms with Crippen molar-refractivity contribution in [2.24, 2.45) is 0 Å². The average molecular weight is 347 g/mol. The van der Waals surface area contributed by atoms with Gasteiger partial charge in [-0.05, 0) is 36.8 Å². The van der Waals surface area contributed by atoms with Crippen LogP contribution < -0.4 is 14.4 Å². The topological polar surface area (TPSA) is 21.7 Å². The van der Waals surface area contributed by atoms with Crippen molar-refractivity contribution in [2.75, 3.05) is 24.6 Å². The molecule has 0 bridgehead atoms. The van der Waals surface area contributed by atoms with Crippen molar-refractivity contribution in [3.8, 4) is 11.5 Å². The molecule has 0 amide bonds. The van der Waals surface area contributed by atoms with Crippen LogP contribution in [0, 0.1) is 0 Å². The van der Waals surface area contributed by atoms with Gasteiger partial charge in [0.25, 0.3) is 0 Å². The fraction of sp³-hybridized carbons (Fsp3) is 0.217. The van der Waals surface area contributed by atoms with E-state index in [4.69, 9.17) is 9.47 Å². The van der Waals surface area contributed by atoms with Crippen molar-refractivity contribution < 1.29 is 9.47 Å². The summed E-state index contributed by atoms with van der Waals surface area (Å²) in [6.45, 7) is 5.12. The molecule has 3 rings (SSSR count). The maximum absolute atomic E-state index is 5.94. The Bertz CT molecular complexity index is 774. The van der Waals surface area contributed by atoms with Gasteiger partial charge >= 0.3 is 0 Å². The van der Waals surface area contributed by atoms with Crippen LogP contribution in [0.3, 0.4) is 0 Å². The first-order chi connectivity index (χ1) is 12.8. The molecule has 3 nitrogen and oxygen atoms in total. The lowest BCUT2D eigenvalue weighted by molar-refractivity contribution is 0.306. The number of anilines is 1. The molecule has 134 valence electrons. The van der Waals surface area contributed by atoms with Gasteiger partial charge in [0.15, 0.2) is 0 Å². The van der Waals surface area contributed by atoms with Gasteiger partial charge in [0.2, 0.25) is 0 Å². The Morgan fingerprint density at radius 2 is 1.42 bits per heavy atom. The number of nitrogens with zero attached hydrogens (tertiary/aromatic N) is 1. The molecule has 0 spiro atoms. The summed E-state index contributed by atoms with van der Waals surface area (Å²) in [5, 5.41) is 0. The maximum atomic E-state index is 5.94. The minimum absolute atomic E-state index is 0.577. The van der Waals surface area contributed by atoms with Crippen molar-refractivity contribution in [3.63, 3.8) is 0 Å². The van der Waals surface area contributed by atoms with Crippen LogP contribution in [0.1, 0.15) is 12.5 Å². The van der Waals surface area contributed by atoms with Crippen LogP contribution in [0.4, 0.5) is 5.69 Å². The number of ether oxygens (including phenoxy) is 2. The van der Waals surface area contributed by atoms with Gasteiger partial charge in [-0.1, -0.05) is 54.6 Å². The van der Waals surface area contributed by atoms with E-state index in [1.807, 2.05) is 60.7 Å². The van der Waals surface area contributed by atoms with E-state index < -0.39 is 0 Å². The highest BCUT2D eigenvalue weighted by Crippen LogP contribution is 2.22. The second-order valence-corrected chi connectivity index (χ2v) is 6.01. The minimum atomic E-state index is 0.577. The Kier molecular flexibility index (Phi) is 6.54. The third-order valence-electron chi connectivity index (χ3n) is 4.19. The summed E-state index contributed by atoms with van der Waals surface area (Å²) in [7, 11) is 0. The van der Waals surface area contributed by atoms with E-state index in [0.29, 0.717) is 13.2 Å². The van der Waals surface area contributed by atoms with Crippen molar-refractivity contribution in [3.05, 3.63) is 90.5 Å². The first-order valence-corrected chi connectivity index (χ1v) is 9.05. The smallest absolute Gasteiger partial charge is 0.121 e. The molecule has 0 radical (unpaired) electrons. The molecular formula is C23H25NO2. The van der Waals surface area contributed by atoms with Crippen LogP contribution >= 0.6 is 0 Å². The van der Waals surface area contributed by atoms with E-state index in [9.17, 15) is 0 Å². The van der Waals surface area contributed by atoms with Gasteiger partial charge in [0.05, 0.1) is 6.54 Å². The fourth-order valence-electron chi connectivity index (χ4n) is 2.77. The molecule has 0 aliphatic heterocycles. The second kappa shape index (κ2) is 9.52. The molecule has 0 aromatic heterocycles. The molecule has 0 fully saturated rings. The van der Waals surface area contributed by atoms with Crippen molar-refractivity contribution in [1.29, 1.82) is 0 Å². The van der Waals surface area contributed by atoms with Crippen molar-refractivity contribution >= 4 is 5.69 Å². The summed E-state index contributed by atoms with van der Waals surface area (Å²) in [6, 6.07) is 28.4. The molecule has 3 heteroatoms. The van der Waals surface area contributed by atoms with Gasteiger partial charge in [-0.15, -0.1) is 0 Å².